The number of rotatable bonds is 6. The molecule has 1 aliphatic rings. The van der Waals surface area contributed by atoms with Crippen molar-refractivity contribution in [2.24, 2.45) is 5.92 Å². The van der Waals surface area contributed by atoms with Gasteiger partial charge in [0.25, 0.3) is 0 Å². The van der Waals surface area contributed by atoms with Crippen LogP contribution in [-0.2, 0) is 26.5 Å². The van der Waals surface area contributed by atoms with Crippen LogP contribution in [0.25, 0.3) is 42.7 Å². The third-order valence-corrected chi connectivity index (χ3v) is 11.9. The average molecular weight is 822 g/mol. The van der Waals surface area contributed by atoms with Crippen LogP contribution in [0.4, 0.5) is 4.39 Å². The second-order valence-electron chi connectivity index (χ2n) is 13.4. The van der Waals surface area contributed by atoms with Gasteiger partial charge >= 0.3 is 0 Å². The standard InChI is InChI=1S/C23H19FNS.C17H22NSi.Ir/c24-23-17(9-10-21-22(23)18-7-3-4-8-20(18)26-21)19-14-16(11-12-25-19)13-15-5-1-2-6-15;1-13(2)15-11-16(14-9-7-6-8-10-14)18-12-17(15)19(3,4)5;/h3-4,7-8,10-12,14-15H,1-2,5-6,13H2;6-9,11-13H,1-5H3;/q2*-1;/i;13D;. The largest absolute Gasteiger partial charge is 0.305 e. The van der Waals surface area contributed by atoms with Crippen molar-refractivity contribution in [1.29, 1.82) is 0 Å². The van der Waals surface area contributed by atoms with E-state index < -0.39 is 14.0 Å². The molecule has 0 amide bonds. The van der Waals surface area contributed by atoms with E-state index >= 15 is 4.39 Å². The van der Waals surface area contributed by atoms with E-state index in [1.807, 2.05) is 86.9 Å². The minimum Gasteiger partial charge on any atom is -0.305 e. The van der Waals surface area contributed by atoms with E-state index in [1.54, 1.807) is 11.3 Å². The van der Waals surface area contributed by atoms with Crippen LogP contribution < -0.4 is 5.19 Å². The third-order valence-electron chi connectivity index (χ3n) is 8.72. The molecule has 0 N–H and O–H groups in total. The van der Waals surface area contributed by atoms with Crippen LogP contribution in [0.1, 0.15) is 57.9 Å². The molecule has 1 saturated carbocycles. The van der Waals surface area contributed by atoms with Crippen LogP contribution in [0.5, 0.6) is 0 Å². The van der Waals surface area contributed by atoms with Crippen molar-refractivity contribution in [3.8, 4) is 22.5 Å². The molecule has 3 heterocycles. The first-order chi connectivity index (χ1) is 22.0. The van der Waals surface area contributed by atoms with Crippen molar-refractivity contribution in [2.45, 2.75) is 71.5 Å². The zero-order valence-electron chi connectivity index (χ0n) is 28.2. The normalized spacial score (nSPS) is 14.1. The van der Waals surface area contributed by atoms with E-state index in [1.165, 1.54) is 36.4 Å². The first-order valence-electron chi connectivity index (χ1n) is 16.4. The summed E-state index contributed by atoms with van der Waals surface area (Å²) in [5.74, 6) is -0.0462. The Hall–Kier alpha value is -3.02. The Morgan fingerprint density at radius 1 is 0.957 bits per heavy atom. The van der Waals surface area contributed by atoms with E-state index in [-0.39, 0.29) is 25.9 Å². The van der Waals surface area contributed by atoms with Gasteiger partial charge in [-0.15, -0.1) is 48.0 Å². The van der Waals surface area contributed by atoms with Crippen LogP contribution in [0.3, 0.4) is 0 Å². The minimum absolute atomic E-state index is 0. The van der Waals surface area contributed by atoms with Crippen molar-refractivity contribution < 1.29 is 25.9 Å². The summed E-state index contributed by atoms with van der Waals surface area (Å²) in [5, 5.41) is 2.95. The van der Waals surface area contributed by atoms with Gasteiger partial charge in [-0.1, -0.05) is 106 Å². The Kier molecular flexibility index (Phi) is 10.6. The number of hydrogen-bond acceptors (Lipinski definition) is 3. The van der Waals surface area contributed by atoms with Crippen molar-refractivity contribution in [1.82, 2.24) is 9.97 Å². The van der Waals surface area contributed by atoms with Gasteiger partial charge in [0, 0.05) is 44.4 Å². The van der Waals surface area contributed by atoms with Gasteiger partial charge in [-0.25, -0.2) is 0 Å². The van der Waals surface area contributed by atoms with Crippen LogP contribution in [0.2, 0.25) is 19.6 Å². The Labute approximate surface area is 293 Å². The fraction of sp³-hybridized carbons (Fsp3) is 0.300. The van der Waals surface area contributed by atoms with Crippen molar-refractivity contribution in [3.05, 3.63) is 114 Å². The third kappa shape index (κ3) is 7.58. The summed E-state index contributed by atoms with van der Waals surface area (Å²) >= 11 is 1.61. The van der Waals surface area contributed by atoms with Gasteiger partial charge in [0.15, 0.2) is 0 Å². The summed E-state index contributed by atoms with van der Waals surface area (Å²) in [5.41, 5.74) is 5.41. The van der Waals surface area contributed by atoms with Gasteiger partial charge < -0.3 is 9.97 Å². The topological polar surface area (TPSA) is 25.8 Å². The number of halogens is 1. The number of benzene rings is 3. The molecule has 6 heteroatoms. The van der Waals surface area contributed by atoms with Gasteiger partial charge in [0.2, 0.25) is 0 Å². The minimum atomic E-state index is -1.50. The molecule has 6 aromatic rings. The SMILES string of the molecule is Fc1c(-c2cc(CC3CCCC3)ccn2)[c-]cc2sc3ccccc3c12.[2H]C(C)(C)c1cc(-c2[c-]cccc2)ncc1[Si](C)(C)C.[Ir]. The second kappa shape index (κ2) is 14.8. The van der Waals surface area contributed by atoms with Crippen LogP contribution >= 0.6 is 11.3 Å². The van der Waals surface area contributed by atoms with Crippen LogP contribution in [0.15, 0.2) is 85.2 Å². The Balaban J connectivity index is 0.000000188. The van der Waals surface area contributed by atoms with Gasteiger partial charge in [0.05, 0.1) is 8.07 Å². The summed E-state index contributed by atoms with van der Waals surface area (Å²) in [6.45, 7) is 10.8. The molecule has 0 unspecified atom stereocenters. The molecule has 0 atom stereocenters. The quantitative estimate of drug-likeness (QED) is 0.124. The predicted octanol–water partition coefficient (Wildman–Crippen LogP) is 11.0. The van der Waals surface area contributed by atoms with Gasteiger partial charge in [0.1, 0.15) is 0 Å². The maximum absolute atomic E-state index is 15.4. The van der Waals surface area contributed by atoms with Gasteiger partial charge in [-0.3, -0.25) is 4.39 Å². The molecule has 0 saturated heterocycles. The molecule has 0 aliphatic heterocycles. The summed E-state index contributed by atoms with van der Waals surface area (Å²) in [6, 6.07) is 30.3. The molecule has 2 nitrogen and oxygen atoms in total. The molecular formula is C40H41FIrN2SSi-2. The first kappa shape index (κ1) is 32.9. The maximum Gasteiger partial charge on any atom is 0.0799 e. The average Bonchev–Trinajstić information content (AvgIpc) is 3.69. The molecule has 239 valence electrons. The first-order valence-corrected chi connectivity index (χ1v) is 20.3. The number of pyridine rings is 2. The Bertz CT molecular complexity index is 1970. The van der Waals surface area contributed by atoms with Crippen molar-refractivity contribution >= 4 is 44.8 Å². The molecule has 7 rings (SSSR count). The maximum atomic E-state index is 15.4. The zero-order valence-corrected chi connectivity index (χ0v) is 31.4. The molecule has 0 bridgehead atoms. The molecule has 3 aromatic carbocycles. The summed E-state index contributed by atoms with van der Waals surface area (Å²) in [6.07, 6.45) is 10.2. The van der Waals surface area contributed by atoms with E-state index in [0.717, 1.165) is 43.9 Å². The Morgan fingerprint density at radius 3 is 2.43 bits per heavy atom. The van der Waals surface area contributed by atoms with E-state index in [0.29, 0.717) is 16.6 Å². The molecule has 0 spiro atoms. The zero-order chi connectivity index (χ0) is 32.5. The van der Waals surface area contributed by atoms with E-state index in [4.69, 9.17) is 1.37 Å². The fourth-order valence-corrected chi connectivity index (χ4v) is 9.02. The predicted molar refractivity (Wildman–Crippen MR) is 193 cm³/mol. The number of fused-ring (bicyclic) bond motifs is 3. The van der Waals surface area contributed by atoms with Crippen LogP contribution in [-0.4, -0.2) is 18.0 Å². The number of hydrogen-bond donors (Lipinski definition) is 0. The fourth-order valence-electron chi connectivity index (χ4n) is 6.36. The molecular weight excluding hydrogens is 780 g/mol. The van der Waals surface area contributed by atoms with Gasteiger partial charge in [-0.2, -0.15) is 11.3 Å². The summed E-state index contributed by atoms with van der Waals surface area (Å²) in [4.78, 5) is 9.06. The molecule has 1 aliphatic carbocycles. The molecule has 46 heavy (non-hydrogen) atoms. The van der Waals surface area contributed by atoms with Crippen LogP contribution in [0, 0.1) is 23.9 Å². The Morgan fingerprint density at radius 2 is 1.72 bits per heavy atom. The van der Waals surface area contributed by atoms with Gasteiger partial charge in [-0.05, 0) is 62.4 Å². The monoisotopic (exact) mass is 822 g/mol. The summed E-state index contributed by atoms with van der Waals surface area (Å²) < 4.78 is 25.9. The van der Waals surface area contributed by atoms with E-state index in [9.17, 15) is 0 Å². The number of nitrogens with zero attached hydrogens (tertiary/aromatic N) is 2. The second-order valence-corrected chi connectivity index (χ2v) is 19.5. The summed E-state index contributed by atoms with van der Waals surface area (Å²) in [7, 11) is -1.50. The molecule has 1 radical (unpaired) electrons. The number of thiophene rings is 1. The molecule has 1 fully saturated rings. The van der Waals surface area contributed by atoms with Crippen molar-refractivity contribution in [3.63, 3.8) is 0 Å². The van der Waals surface area contributed by atoms with E-state index in [2.05, 4.69) is 53.9 Å². The molecule has 3 aromatic heterocycles. The number of aromatic nitrogens is 2. The van der Waals surface area contributed by atoms with Crippen molar-refractivity contribution in [2.75, 3.05) is 0 Å². The smallest absolute Gasteiger partial charge is 0.0799 e.